The molecule has 0 saturated heterocycles. The van der Waals surface area contributed by atoms with Crippen LogP contribution in [0, 0.1) is 0 Å². The maximum atomic E-state index is 5.86. The van der Waals surface area contributed by atoms with E-state index in [1.807, 2.05) is 60.7 Å². The van der Waals surface area contributed by atoms with Gasteiger partial charge in [0.25, 0.3) is 0 Å². The third-order valence-electron chi connectivity index (χ3n) is 5.08. The van der Waals surface area contributed by atoms with Gasteiger partial charge < -0.3 is 18.9 Å². The van der Waals surface area contributed by atoms with Crippen LogP contribution in [0.4, 0.5) is 0 Å². The smallest absolute Gasteiger partial charge is 0.134 e. The number of methoxy groups -OCH3 is 4. The normalized spacial score (nSPS) is 10.9. The lowest BCUT2D eigenvalue weighted by Crippen LogP contribution is -1.95. The fraction of sp³-hybridized carbons (Fsp3) is 0.167. The van der Waals surface area contributed by atoms with E-state index in [0.29, 0.717) is 0 Å². The molecule has 4 aromatic rings. The minimum absolute atomic E-state index is 0.786. The van der Waals surface area contributed by atoms with Gasteiger partial charge in [-0.05, 0) is 47.3 Å². The van der Waals surface area contributed by atoms with Crippen LogP contribution in [0.3, 0.4) is 0 Å². The third kappa shape index (κ3) is 2.78. The van der Waals surface area contributed by atoms with Gasteiger partial charge in [-0.2, -0.15) is 0 Å². The number of hydrogen-bond acceptors (Lipinski definition) is 4. The monoisotopic (exact) mass is 374 g/mol. The first-order valence-electron chi connectivity index (χ1n) is 9.00. The Hall–Kier alpha value is -3.40. The molecule has 4 rings (SSSR count). The van der Waals surface area contributed by atoms with Gasteiger partial charge >= 0.3 is 0 Å². The van der Waals surface area contributed by atoms with Crippen molar-refractivity contribution in [1.82, 2.24) is 0 Å². The number of ether oxygens (including phenoxy) is 4. The van der Waals surface area contributed by atoms with Crippen molar-refractivity contribution in [3.05, 3.63) is 60.7 Å². The van der Waals surface area contributed by atoms with Crippen molar-refractivity contribution >= 4 is 21.5 Å². The van der Waals surface area contributed by atoms with E-state index in [0.717, 1.165) is 55.7 Å². The standard InChI is InChI=1S/C24H22O4/c1-25-15-9-10-18-20(13-15)16(11-12-22(18)26-2)21-14-23(27-3)17-7-5-6-8-19(17)24(21)28-4/h5-14H,1-4H3. The molecule has 28 heavy (non-hydrogen) atoms. The van der Waals surface area contributed by atoms with Crippen molar-refractivity contribution in [2.75, 3.05) is 28.4 Å². The molecule has 0 aliphatic heterocycles. The van der Waals surface area contributed by atoms with Gasteiger partial charge in [0, 0.05) is 21.7 Å². The Morgan fingerprint density at radius 3 is 1.89 bits per heavy atom. The van der Waals surface area contributed by atoms with E-state index in [4.69, 9.17) is 18.9 Å². The highest BCUT2D eigenvalue weighted by molar-refractivity contribution is 6.06. The van der Waals surface area contributed by atoms with E-state index in [-0.39, 0.29) is 0 Å². The summed E-state index contributed by atoms with van der Waals surface area (Å²) in [7, 11) is 6.73. The lowest BCUT2D eigenvalue weighted by atomic mass is 9.94. The topological polar surface area (TPSA) is 36.9 Å². The summed E-state index contributed by atoms with van der Waals surface area (Å²) in [6.07, 6.45) is 0. The van der Waals surface area contributed by atoms with Gasteiger partial charge in [-0.25, -0.2) is 0 Å². The Bertz CT molecular complexity index is 1160. The second-order valence-corrected chi connectivity index (χ2v) is 6.43. The van der Waals surface area contributed by atoms with Crippen LogP contribution in [-0.2, 0) is 0 Å². The molecular weight excluding hydrogens is 352 g/mol. The molecule has 0 heterocycles. The summed E-state index contributed by atoms with van der Waals surface area (Å²) in [6.45, 7) is 0. The lowest BCUT2D eigenvalue weighted by Gasteiger charge is -2.18. The second-order valence-electron chi connectivity index (χ2n) is 6.43. The largest absolute Gasteiger partial charge is 0.497 e. The highest BCUT2D eigenvalue weighted by Gasteiger charge is 2.18. The van der Waals surface area contributed by atoms with Crippen LogP contribution >= 0.6 is 0 Å². The first kappa shape index (κ1) is 18.0. The van der Waals surface area contributed by atoms with Crippen molar-refractivity contribution < 1.29 is 18.9 Å². The summed E-state index contributed by atoms with van der Waals surface area (Å²) in [6, 6.07) is 20.1. The van der Waals surface area contributed by atoms with Crippen LogP contribution in [0.1, 0.15) is 0 Å². The average molecular weight is 374 g/mol. The molecule has 0 radical (unpaired) electrons. The summed E-state index contributed by atoms with van der Waals surface area (Å²) in [5, 5.41) is 4.05. The summed E-state index contributed by atoms with van der Waals surface area (Å²) in [5.74, 6) is 3.21. The SMILES string of the molecule is COc1ccc2c(OC)ccc(-c3cc(OC)c4ccccc4c3OC)c2c1. The first-order valence-corrected chi connectivity index (χ1v) is 9.00. The maximum Gasteiger partial charge on any atom is 0.134 e. The molecule has 0 atom stereocenters. The van der Waals surface area contributed by atoms with Gasteiger partial charge in [-0.1, -0.05) is 24.3 Å². The molecule has 0 aliphatic carbocycles. The van der Waals surface area contributed by atoms with Gasteiger partial charge in [-0.15, -0.1) is 0 Å². The molecule has 142 valence electrons. The molecule has 0 saturated carbocycles. The van der Waals surface area contributed by atoms with Gasteiger partial charge in [0.05, 0.1) is 28.4 Å². The summed E-state index contributed by atoms with van der Waals surface area (Å²) >= 11 is 0. The predicted octanol–water partition coefficient (Wildman–Crippen LogP) is 5.69. The van der Waals surface area contributed by atoms with E-state index >= 15 is 0 Å². The van der Waals surface area contributed by atoms with Crippen LogP contribution in [0.2, 0.25) is 0 Å². The molecule has 4 heteroatoms. The van der Waals surface area contributed by atoms with Crippen molar-refractivity contribution in [2.24, 2.45) is 0 Å². The zero-order valence-corrected chi connectivity index (χ0v) is 16.4. The maximum absolute atomic E-state index is 5.86. The van der Waals surface area contributed by atoms with Crippen LogP contribution < -0.4 is 18.9 Å². The number of fused-ring (bicyclic) bond motifs is 2. The summed E-state index contributed by atoms with van der Waals surface area (Å²) in [4.78, 5) is 0. The zero-order chi connectivity index (χ0) is 19.7. The minimum atomic E-state index is 0.786. The first-order chi connectivity index (χ1) is 13.7. The van der Waals surface area contributed by atoms with E-state index in [2.05, 4.69) is 0 Å². The Kier molecular flexibility index (Phi) is 4.70. The minimum Gasteiger partial charge on any atom is -0.497 e. The molecule has 4 nitrogen and oxygen atoms in total. The molecule has 0 aromatic heterocycles. The van der Waals surface area contributed by atoms with Crippen molar-refractivity contribution in [2.45, 2.75) is 0 Å². The van der Waals surface area contributed by atoms with E-state index in [9.17, 15) is 0 Å². The van der Waals surface area contributed by atoms with Crippen molar-refractivity contribution in [3.8, 4) is 34.1 Å². The summed E-state index contributed by atoms with van der Waals surface area (Å²) in [5.41, 5.74) is 1.98. The van der Waals surface area contributed by atoms with Gasteiger partial charge in [0.15, 0.2) is 0 Å². The van der Waals surface area contributed by atoms with Gasteiger partial charge in [0.2, 0.25) is 0 Å². The lowest BCUT2D eigenvalue weighted by molar-refractivity contribution is 0.411. The molecular formula is C24H22O4. The predicted molar refractivity (Wildman–Crippen MR) is 113 cm³/mol. The van der Waals surface area contributed by atoms with Crippen molar-refractivity contribution in [3.63, 3.8) is 0 Å². The Morgan fingerprint density at radius 1 is 0.500 bits per heavy atom. The van der Waals surface area contributed by atoms with Crippen molar-refractivity contribution in [1.29, 1.82) is 0 Å². The molecule has 0 N–H and O–H groups in total. The molecule has 4 aromatic carbocycles. The summed E-state index contributed by atoms with van der Waals surface area (Å²) < 4.78 is 22.6. The number of hydrogen-bond donors (Lipinski definition) is 0. The highest BCUT2D eigenvalue weighted by Crippen LogP contribution is 2.45. The Labute approximate surface area is 164 Å². The van der Waals surface area contributed by atoms with Crippen LogP contribution in [0.25, 0.3) is 32.7 Å². The number of rotatable bonds is 5. The highest BCUT2D eigenvalue weighted by atomic mass is 16.5. The fourth-order valence-corrected chi connectivity index (χ4v) is 3.74. The van der Waals surface area contributed by atoms with Gasteiger partial charge in [0.1, 0.15) is 23.0 Å². The Balaban J connectivity index is 2.12. The quantitative estimate of drug-likeness (QED) is 0.449. The molecule has 0 aliphatic rings. The number of benzene rings is 4. The Morgan fingerprint density at radius 2 is 1.21 bits per heavy atom. The van der Waals surface area contributed by atoms with E-state index in [1.54, 1.807) is 28.4 Å². The van der Waals surface area contributed by atoms with Crippen LogP contribution in [0.5, 0.6) is 23.0 Å². The third-order valence-corrected chi connectivity index (χ3v) is 5.08. The van der Waals surface area contributed by atoms with E-state index in [1.165, 1.54) is 0 Å². The molecule has 0 fully saturated rings. The van der Waals surface area contributed by atoms with Crippen LogP contribution in [-0.4, -0.2) is 28.4 Å². The average Bonchev–Trinajstić information content (AvgIpc) is 2.76. The fourth-order valence-electron chi connectivity index (χ4n) is 3.74. The van der Waals surface area contributed by atoms with Crippen LogP contribution in [0.15, 0.2) is 60.7 Å². The van der Waals surface area contributed by atoms with E-state index < -0.39 is 0 Å². The second kappa shape index (κ2) is 7.31. The zero-order valence-electron chi connectivity index (χ0n) is 16.4. The molecule has 0 unspecified atom stereocenters. The van der Waals surface area contributed by atoms with Gasteiger partial charge in [-0.3, -0.25) is 0 Å². The molecule has 0 spiro atoms. The molecule has 0 amide bonds. The molecule has 0 bridgehead atoms.